The summed E-state index contributed by atoms with van der Waals surface area (Å²) in [5.41, 5.74) is 20.4. The van der Waals surface area contributed by atoms with Gasteiger partial charge in [-0.3, -0.25) is 0 Å². The minimum absolute atomic E-state index is 1.08. The average molecular weight is 1070 g/mol. The van der Waals surface area contributed by atoms with Crippen molar-refractivity contribution in [1.29, 1.82) is 0 Å². The van der Waals surface area contributed by atoms with Crippen molar-refractivity contribution in [1.82, 2.24) is 0 Å². The Labute approximate surface area is 493 Å². The van der Waals surface area contributed by atoms with Crippen LogP contribution in [0, 0.1) is 0 Å². The molecule has 2 heteroatoms. The summed E-state index contributed by atoms with van der Waals surface area (Å²) < 4.78 is 0. The van der Waals surface area contributed by atoms with Crippen molar-refractivity contribution in [2.24, 2.45) is 0 Å². The van der Waals surface area contributed by atoms with Crippen molar-refractivity contribution in [2.75, 3.05) is 9.80 Å². The Morgan fingerprint density at radius 1 is 0.190 bits per heavy atom. The zero-order valence-electron chi connectivity index (χ0n) is 46.5. The summed E-state index contributed by atoms with van der Waals surface area (Å²) in [6.07, 6.45) is 13.5. The number of para-hydroxylation sites is 2. The zero-order chi connectivity index (χ0) is 56.3. The second-order valence-corrected chi connectivity index (χ2v) is 20.9. The third-order valence-electron chi connectivity index (χ3n) is 15.5. The number of hydrogen-bond acceptors (Lipinski definition) is 2. The Balaban J connectivity index is 0.884. The number of hydrogen-bond donors (Lipinski definition) is 0. The van der Waals surface area contributed by atoms with Crippen LogP contribution in [0.2, 0.25) is 0 Å². The van der Waals surface area contributed by atoms with Gasteiger partial charge in [0.25, 0.3) is 0 Å². The highest BCUT2D eigenvalue weighted by Crippen LogP contribution is 2.42. The molecule has 0 bridgehead atoms. The second-order valence-electron chi connectivity index (χ2n) is 20.9. The van der Waals surface area contributed by atoms with E-state index < -0.39 is 0 Å². The summed E-state index contributed by atoms with van der Waals surface area (Å²) in [7, 11) is 0. The quantitative estimate of drug-likeness (QED) is 0.0703. The minimum atomic E-state index is 1.08. The molecule has 0 aliphatic heterocycles. The van der Waals surface area contributed by atoms with Crippen LogP contribution in [0.3, 0.4) is 0 Å². The Morgan fingerprint density at radius 2 is 0.405 bits per heavy atom. The lowest BCUT2D eigenvalue weighted by atomic mass is 9.86. The molecular formula is C82H60N2. The van der Waals surface area contributed by atoms with E-state index in [2.05, 4.69) is 362 Å². The predicted octanol–water partition coefficient (Wildman–Crippen LogP) is 22.5. The van der Waals surface area contributed by atoms with Gasteiger partial charge in [0.15, 0.2) is 0 Å². The molecule has 13 rings (SSSR count). The summed E-state index contributed by atoms with van der Waals surface area (Å²) >= 11 is 0. The molecule has 0 amide bonds. The van der Waals surface area contributed by atoms with Gasteiger partial charge in [0, 0.05) is 34.1 Å². The normalized spacial score (nSPS) is 11.9. The molecule has 0 N–H and O–H groups in total. The molecule has 0 saturated carbocycles. The van der Waals surface area contributed by atoms with E-state index in [0.29, 0.717) is 0 Å². The molecule has 0 radical (unpaired) electrons. The summed E-state index contributed by atoms with van der Waals surface area (Å²) in [5.74, 6) is 0. The number of rotatable bonds is 16. The molecule has 13 aromatic carbocycles. The van der Waals surface area contributed by atoms with E-state index in [1.165, 1.54) is 43.8 Å². The lowest BCUT2D eigenvalue weighted by molar-refractivity contribution is 1.28. The van der Waals surface area contributed by atoms with Gasteiger partial charge in [0.05, 0.1) is 0 Å². The fourth-order valence-electron chi connectivity index (χ4n) is 11.3. The second kappa shape index (κ2) is 24.8. The van der Waals surface area contributed by atoms with Crippen molar-refractivity contribution in [3.8, 4) is 0 Å². The van der Waals surface area contributed by atoms with E-state index in [-0.39, 0.29) is 0 Å². The van der Waals surface area contributed by atoms with E-state index in [9.17, 15) is 0 Å². The molecule has 398 valence electrons. The van der Waals surface area contributed by atoms with Crippen LogP contribution in [0.5, 0.6) is 0 Å². The molecule has 0 spiro atoms. The highest BCUT2D eigenvalue weighted by Gasteiger charge is 2.19. The largest absolute Gasteiger partial charge is 0.311 e. The third-order valence-corrected chi connectivity index (χ3v) is 15.5. The summed E-state index contributed by atoms with van der Waals surface area (Å²) in [6, 6.07) is 117. The van der Waals surface area contributed by atoms with Gasteiger partial charge in [-0.2, -0.15) is 0 Å². The maximum absolute atomic E-state index is 2.42. The predicted molar refractivity (Wildman–Crippen MR) is 361 cm³/mol. The van der Waals surface area contributed by atoms with Gasteiger partial charge in [-0.1, -0.05) is 279 Å². The van der Waals surface area contributed by atoms with Crippen molar-refractivity contribution >= 4 is 103 Å². The van der Waals surface area contributed by atoms with Gasteiger partial charge >= 0.3 is 0 Å². The number of fused-ring (bicyclic) bond motifs is 2. The molecule has 84 heavy (non-hydrogen) atoms. The van der Waals surface area contributed by atoms with Crippen LogP contribution in [0.4, 0.5) is 34.1 Å². The first-order chi connectivity index (χ1) is 41.7. The molecule has 0 saturated heterocycles. The zero-order valence-corrected chi connectivity index (χ0v) is 46.5. The molecular weight excluding hydrogens is 1010 g/mol. The Kier molecular flexibility index (Phi) is 15.4. The molecule has 0 atom stereocenters. The van der Waals surface area contributed by atoms with E-state index in [1.807, 2.05) is 12.1 Å². The fourth-order valence-corrected chi connectivity index (χ4v) is 11.3. The van der Waals surface area contributed by atoms with Gasteiger partial charge in [-0.25, -0.2) is 0 Å². The summed E-state index contributed by atoms with van der Waals surface area (Å²) in [5, 5.41) is 4.75. The SMILES string of the molecule is C(=Cc1ccc(N(c2ccccc2)c2ccc(C(=Cc3c4ccccc4c(C=C(c4ccccc4)c4ccc(N(c5ccccc5)c5ccc(C=Cc6ccccc6)cc5)cc4)c4ccccc34)c3ccccc3)cc2)cc1)c1ccccc1. The minimum Gasteiger partial charge on any atom is -0.311 e. The molecule has 0 aliphatic carbocycles. The van der Waals surface area contributed by atoms with E-state index >= 15 is 0 Å². The number of benzene rings is 13. The first-order valence-electron chi connectivity index (χ1n) is 28.7. The third kappa shape index (κ3) is 11.6. The topological polar surface area (TPSA) is 6.48 Å². The fraction of sp³-hybridized carbons (Fsp3) is 0. The lowest BCUT2D eigenvalue weighted by Gasteiger charge is -2.26. The van der Waals surface area contributed by atoms with Crippen LogP contribution in [0.25, 0.3) is 69.1 Å². The Hall–Kier alpha value is -11.1. The van der Waals surface area contributed by atoms with Crippen molar-refractivity contribution < 1.29 is 0 Å². The average Bonchev–Trinajstić information content (AvgIpc) is 3.60. The molecule has 0 aromatic heterocycles. The van der Waals surface area contributed by atoms with Crippen LogP contribution in [0.1, 0.15) is 55.6 Å². The smallest absolute Gasteiger partial charge is 0.0462 e. The molecule has 2 nitrogen and oxygen atoms in total. The van der Waals surface area contributed by atoms with Gasteiger partial charge in [-0.05, 0) is 173 Å². The maximum Gasteiger partial charge on any atom is 0.0462 e. The van der Waals surface area contributed by atoms with Crippen molar-refractivity contribution in [2.45, 2.75) is 0 Å². The number of nitrogens with zero attached hydrogens (tertiary/aromatic N) is 2. The van der Waals surface area contributed by atoms with Crippen LogP contribution in [-0.4, -0.2) is 0 Å². The van der Waals surface area contributed by atoms with E-state index in [0.717, 1.165) is 78.7 Å². The number of anilines is 6. The standard InChI is InChI=1S/C82H60N2/c1-7-23-61(24-8-1)39-41-63-43-51-71(52-44-63)83(69-31-15-5-16-32-69)73-55-47-67(48-56-73)79(65-27-11-3-12-28-65)59-81-75-35-19-21-37-77(75)82(78-38-22-20-36-76(78)81)60-80(66-29-13-4-14-30-66)68-49-57-74(58-50-68)84(70-33-17-6-18-34-70)72-53-45-64(46-54-72)42-40-62-25-9-2-10-26-62/h1-60H. The van der Waals surface area contributed by atoms with Gasteiger partial charge in [-0.15, -0.1) is 0 Å². The van der Waals surface area contributed by atoms with Crippen LogP contribution < -0.4 is 9.80 Å². The molecule has 13 aromatic rings. The lowest BCUT2D eigenvalue weighted by Crippen LogP contribution is -2.09. The van der Waals surface area contributed by atoms with Gasteiger partial charge < -0.3 is 9.80 Å². The highest BCUT2D eigenvalue weighted by atomic mass is 15.1. The monoisotopic (exact) mass is 1070 g/mol. The Bertz CT molecular complexity index is 4090. The van der Waals surface area contributed by atoms with E-state index in [1.54, 1.807) is 0 Å². The first-order valence-corrected chi connectivity index (χ1v) is 28.7. The van der Waals surface area contributed by atoms with Gasteiger partial charge in [0.2, 0.25) is 0 Å². The first kappa shape index (κ1) is 52.3. The van der Waals surface area contributed by atoms with Crippen LogP contribution in [0.15, 0.2) is 328 Å². The van der Waals surface area contributed by atoms with Gasteiger partial charge in [0.1, 0.15) is 0 Å². The molecule has 0 unspecified atom stereocenters. The maximum atomic E-state index is 2.42. The van der Waals surface area contributed by atoms with Crippen LogP contribution in [-0.2, 0) is 0 Å². The highest BCUT2D eigenvalue weighted by molar-refractivity contribution is 6.17. The van der Waals surface area contributed by atoms with Crippen molar-refractivity contribution in [3.05, 3.63) is 383 Å². The summed E-state index contributed by atoms with van der Waals surface area (Å²) in [6.45, 7) is 0. The van der Waals surface area contributed by atoms with Crippen LogP contribution >= 0.6 is 0 Å². The molecule has 0 fully saturated rings. The summed E-state index contributed by atoms with van der Waals surface area (Å²) in [4.78, 5) is 4.66. The van der Waals surface area contributed by atoms with E-state index in [4.69, 9.17) is 0 Å². The molecule has 0 aliphatic rings. The molecule has 0 heterocycles. The Morgan fingerprint density at radius 3 is 0.702 bits per heavy atom. The van der Waals surface area contributed by atoms with Crippen molar-refractivity contribution in [3.63, 3.8) is 0 Å².